The molecule has 0 radical (unpaired) electrons. The third kappa shape index (κ3) is 23.4. The second-order valence-corrected chi connectivity index (χ2v) is 7.04. The monoisotopic (exact) mass is 478 g/mol. The first-order valence-corrected chi connectivity index (χ1v) is 11.9. The first-order chi connectivity index (χ1) is 15.7. The molecule has 0 aromatic carbocycles. The highest BCUT2D eigenvalue weighted by Crippen LogP contribution is 1.97. The second-order valence-electron chi connectivity index (χ2n) is 6.73. The molecule has 0 aromatic rings. The predicted molar refractivity (Wildman–Crippen MR) is 130 cm³/mol. The standard InChI is InChI=1S/C21H42N4O6S/c1-2-8-27-13-14-29-10-5-3-4-9-28-11-6-23-17-20(25-22)18-31-16-15-30-12-7-24-21(26)19-32/h17,32H,2-16,18-19,22H2,1H3,(H,24,26)/b23-17?,25-20+. The minimum Gasteiger partial charge on any atom is -0.380 e. The Morgan fingerprint density at radius 3 is 2.16 bits per heavy atom. The van der Waals surface area contributed by atoms with Crippen molar-refractivity contribution in [1.29, 1.82) is 0 Å². The van der Waals surface area contributed by atoms with Crippen LogP contribution in [0.25, 0.3) is 0 Å². The highest BCUT2D eigenvalue weighted by Gasteiger charge is 1.98. The number of unbranched alkanes of at least 4 members (excludes halogenated alkanes) is 2. The van der Waals surface area contributed by atoms with E-state index >= 15 is 0 Å². The number of hydrogen-bond donors (Lipinski definition) is 3. The summed E-state index contributed by atoms with van der Waals surface area (Å²) in [5, 5.41) is 6.31. The van der Waals surface area contributed by atoms with Crippen LogP contribution < -0.4 is 11.2 Å². The van der Waals surface area contributed by atoms with E-state index in [-0.39, 0.29) is 18.3 Å². The third-order valence-electron chi connectivity index (χ3n) is 3.90. The Hall–Kier alpha value is -1.24. The normalized spacial score (nSPS) is 12.0. The third-order valence-corrected chi connectivity index (χ3v) is 4.19. The fourth-order valence-corrected chi connectivity index (χ4v) is 2.38. The van der Waals surface area contributed by atoms with E-state index in [1.807, 2.05) is 0 Å². The lowest BCUT2D eigenvalue weighted by atomic mass is 10.2. The van der Waals surface area contributed by atoms with Gasteiger partial charge in [0.05, 0.1) is 58.5 Å². The molecule has 0 unspecified atom stereocenters. The molecule has 11 heteroatoms. The average molecular weight is 479 g/mol. The maximum absolute atomic E-state index is 11.0. The van der Waals surface area contributed by atoms with Gasteiger partial charge in [0, 0.05) is 32.6 Å². The summed E-state index contributed by atoms with van der Waals surface area (Å²) in [5.41, 5.74) is 0.547. The lowest BCUT2D eigenvalue weighted by Crippen LogP contribution is -2.28. The van der Waals surface area contributed by atoms with E-state index < -0.39 is 0 Å². The van der Waals surface area contributed by atoms with Crippen molar-refractivity contribution >= 4 is 30.5 Å². The first-order valence-electron chi connectivity index (χ1n) is 11.3. The lowest BCUT2D eigenvalue weighted by Gasteiger charge is -2.06. The molecule has 0 heterocycles. The van der Waals surface area contributed by atoms with Crippen molar-refractivity contribution in [1.82, 2.24) is 5.32 Å². The van der Waals surface area contributed by atoms with Gasteiger partial charge in [-0.3, -0.25) is 9.79 Å². The fraction of sp³-hybridized carbons (Fsp3) is 0.857. The summed E-state index contributed by atoms with van der Waals surface area (Å²) < 4.78 is 27.2. The van der Waals surface area contributed by atoms with Gasteiger partial charge in [0.25, 0.3) is 0 Å². The molecule has 0 saturated heterocycles. The van der Waals surface area contributed by atoms with Gasteiger partial charge in [-0.2, -0.15) is 17.7 Å². The van der Waals surface area contributed by atoms with Crippen LogP contribution in [0.5, 0.6) is 0 Å². The minimum atomic E-state index is -0.119. The van der Waals surface area contributed by atoms with Crippen LogP contribution in [0, 0.1) is 0 Å². The van der Waals surface area contributed by atoms with E-state index in [9.17, 15) is 4.79 Å². The summed E-state index contributed by atoms with van der Waals surface area (Å²) >= 11 is 3.87. The maximum atomic E-state index is 11.0. The number of thiol groups is 1. The number of nitrogens with two attached hydrogens (primary N) is 1. The molecule has 188 valence electrons. The molecule has 10 nitrogen and oxygen atoms in total. The van der Waals surface area contributed by atoms with E-state index in [1.165, 1.54) is 0 Å². The molecule has 0 aliphatic heterocycles. The van der Waals surface area contributed by atoms with Crippen molar-refractivity contribution in [3.63, 3.8) is 0 Å². The highest BCUT2D eigenvalue weighted by molar-refractivity contribution is 7.81. The van der Waals surface area contributed by atoms with E-state index in [2.05, 4.69) is 35.0 Å². The molecule has 1 amide bonds. The predicted octanol–water partition coefficient (Wildman–Crippen LogP) is 1.08. The summed E-state index contributed by atoms with van der Waals surface area (Å²) in [7, 11) is 0. The lowest BCUT2D eigenvalue weighted by molar-refractivity contribution is -0.118. The molecule has 0 bridgehead atoms. The Bertz CT molecular complexity index is 483. The van der Waals surface area contributed by atoms with Gasteiger partial charge in [0.2, 0.25) is 5.91 Å². The minimum absolute atomic E-state index is 0.119. The summed E-state index contributed by atoms with van der Waals surface area (Å²) in [4.78, 5) is 15.2. The van der Waals surface area contributed by atoms with E-state index in [0.29, 0.717) is 65.0 Å². The fourth-order valence-electron chi connectivity index (χ4n) is 2.26. The van der Waals surface area contributed by atoms with Crippen molar-refractivity contribution in [2.45, 2.75) is 32.6 Å². The molecular weight excluding hydrogens is 436 g/mol. The smallest absolute Gasteiger partial charge is 0.229 e. The van der Waals surface area contributed by atoms with Crippen LogP contribution in [0.3, 0.4) is 0 Å². The Balaban J connectivity index is 3.41. The highest BCUT2D eigenvalue weighted by atomic mass is 32.1. The second kappa shape index (κ2) is 26.0. The number of nitrogens with one attached hydrogen (secondary N) is 1. The van der Waals surface area contributed by atoms with Crippen molar-refractivity contribution in [2.75, 3.05) is 84.9 Å². The van der Waals surface area contributed by atoms with E-state index in [4.69, 9.17) is 29.5 Å². The van der Waals surface area contributed by atoms with Crippen molar-refractivity contribution < 1.29 is 28.5 Å². The Morgan fingerprint density at radius 1 is 0.875 bits per heavy atom. The van der Waals surface area contributed by atoms with Crippen molar-refractivity contribution in [3.8, 4) is 0 Å². The van der Waals surface area contributed by atoms with Crippen molar-refractivity contribution in [3.05, 3.63) is 0 Å². The molecule has 0 aliphatic carbocycles. The number of hydrazone groups is 1. The zero-order valence-electron chi connectivity index (χ0n) is 19.5. The molecule has 0 aliphatic rings. The average Bonchev–Trinajstić information content (AvgIpc) is 2.81. The number of aliphatic imine (C=N–C) groups is 1. The van der Waals surface area contributed by atoms with Crippen LogP contribution in [0.4, 0.5) is 0 Å². The number of ether oxygens (including phenoxy) is 5. The molecule has 0 saturated carbocycles. The Morgan fingerprint density at radius 2 is 1.50 bits per heavy atom. The Labute approximate surface area is 198 Å². The van der Waals surface area contributed by atoms with Gasteiger partial charge < -0.3 is 34.8 Å². The molecule has 32 heavy (non-hydrogen) atoms. The van der Waals surface area contributed by atoms with E-state index in [1.54, 1.807) is 6.21 Å². The van der Waals surface area contributed by atoms with Crippen LogP contribution in [0.15, 0.2) is 10.1 Å². The number of nitrogens with zero attached hydrogens (tertiary/aromatic N) is 2. The molecular formula is C21H42N4O6S. The van der Waals surface area contributed by atoms with Gasteiger partial charge in [0.1, 0.15) is 5.71 Å². The van der Waals surface area contributed by atoms with Crippen molar-refractivity contribution in [2.24, 2.45) is 15.9 Å². The molecule has 0 aromatic heterocycles. The number of carbonyl (C=O) groups is 1. The summed E-state index contributed by atoms with van der Waals surface area (Å²) in [6.07, 6.45) is 5.75. The molecule has 0 spiro atoms. The zero-order valence-corrected chi connectivity index (χ0v) is 20.4. The van der Waals surface area contributed by atoms with Crippen LogP contribution in [0.1, 0.15) is 32.6 Å². The first kappa shape index (κ1) is 30.8. The summed E-state index contributed by atoms with van der Waals surface area (Å²) in [6, 6.07) is 0. The molecule has 0 fully saturated rings. The Kier molecular flexibility index (Phi) is 25.0. The number of rotatable bonds is 24. The van der Waals surface area contributed by atoms with Gasteiger partial charge in [0.15, 0.2) is 0 Å². The van der Waals surface area contributed by atoms with Gasteiger partial charge in [-0.1, -0.05) is 6.92 Å². The van der Waals surface area contributed by atoms with Gasteiger partial charge in [-0.15, -0.1) is 0 Å². The van der Waals surface area contributed by atoms with Gasteiger partial charge in [-0.25, -0.2) is 0 Å². The van der Waals surface area contributed by atoms with Gasteiger partial charge in [-0.05, 0) is 25.7 Å². The molecule has 0 atom stereocenters. The van der Waals surface area contributed by atoms with Crippen LogP contribution in [0.2, 0.25) is 0 Å². The molecule has 0 rings (SSSR count). The summed E-state index contributed by atoms with van der Waals surface area (Å²) in [6.45, 7) is 8.76. The van der Waals surface area contributed by atoms with Gasteiger partial charge >= 0.3 is 0 Å². The zero-order chi connectivity index (χ0) is 23.5. The van der Waals surface area contributed by atoms with E-state index in [0.717, 1.165) is 38.9 Å². The number of carbonyl (C=O) groups excluding carboxylic acids is 1. The largest absolute Gasteiger partial charge is 0.380 e. The van der Waals surface area contributed by atoms with Crippen LogP contribution >= 0.6 is 12.6 Å². The van der Waals surface area contributed by atoms with Crippen LogP contribution in [-0.2, 0) is 28.5 Å². The topological polar surface area (TPSA) is 126 Å². The molecule has 3 N–H and O–H groups in total. The number of hydrogen-bond acceptors (Lipinski definition) is 10. The quantitative estimate of drug-likeness (QED) is 0.0623. The maximum Gasteiger partial charge on any atom is 0.229 e. The number of amides is 1. The summed E-state index contributed by atoms with van der Waals surface area (Å²) in [5.74, 6) is 5.40. The van der Waals surface area contributed by atoms with Crippen LogP contribution in [-0.4, -0.2) is 103 Å². The SMILES string of the molecule is CCCOCCOCCCCCOCCN=C/C(COCCOCCNC(=O)CS)=N\N.